The summed E-state index contributed by atoms with van der Waals surface area (Å²) in [6, 6.07) is 9.85. The van der Waals surface area contributed by atoms with Crippen molar-refractivity contribution < 1.29 is 9.53 Å². The highest BCUT2D eigenvalue weighted by atomic mass is 16.5. The molecule has 2 saturated heterocycles. The number of para-hydroxylation sites is 1. The standard InChI is InChI=1S/C20H26N6O2/c1-16-4-2-3-5-18(16)22-20(27)26-8-6-25(7-9-26)19-14-17(15-21-23-19)24-10-12-28-13-11-24/h2-5,14-15H,6-13H2,1H3,(H,22,27). The molecule has 28 heavy (non-hydrogen) atoms. The summed E-state index contributed by atoms with van der Waals surface area (Å²) < 4.78 is 5.42. The fourth-order valence-corrected chi connectivity index (χ4v) is 3.54. The second-order valence-electron chi connectivity index (χ2n) is 7.09. The van der Waals surface area contributed by atoms with Crippen LogP contribution in [0, 0.1) is 6.92 Å². The SMILES string of the molecule is Cc1ccccc1NC(=O)N1CCN(c2cc(N3CCOCC3)cnn2)CC1. The molecule has 8 heteroatoms. The van der Waals surface area contributed by atoms with Crippen LogP contribution in [-0.4, -0.2) is 73.6 Å². The Bertz CT molecular complexity index is 816. The number of carbonyl (C=O) groups is 1. The summed E-state index contributed by atoms with van der Waals surface area (Å²) in [7, 11) is 0. The van der Waals surface area contributed by atoms with Gasteiger partial charge in [-0.15, -0.1) is 5.10 Å². The molecule has 1 aromatic heterocycles. The molecular formula is C20H26N6O2. The van der Waals surface area contributed by atoms with Gasteiger partial charge in [0, 0.05) is 51.0 Å². The second kappa shape index (κ2) is 8.43. The number of morpholine rings is 1. The van der Waals surface area contributed by atoms with Gasteiger partial charge < -0.3 is 24.8 Å². The number of ether oxygens (including phenoxy) is 1. The van der Waals surface area contributed by atoms with Crippen molar-refractivity contribution in [3.63, 3.8) is 0 Å². The Labute approximate surface area is 165 Å². The lowest BCUT2D eigenvalue weighted by molar-refractivity contribution is 0.122. The molecule has 1 N–H and O–H groups in total. The number of urea groups is 1. The molecule has 4 rings (SSSR count). The van der Waals surface area contributed by atoms with Crippen molar-refractivity contribution in [2.24, 2.45) is 0 Å². The quantitative estimate of drug-likeness (QED) is 0.875. The molecular weight excluding hydrogens is 356 g/mol. The van der Waals surface area contributed by atoms with Gasteiger partial charge in [-0.25, -0.2) is 4.79 Å². The van der Waals surface area contributed by atoms with Gasteiger partial charge in [-0.1, -0.05) is 18.2 Å². The van der Waals surface area contributed by atoms with Crippen LogP contribution in [-0.2, 0) is 4.74 Å². The molecule has 2 aliphatic heterocycles. The summed E-state index contributed by atoms with van der Waals surface area (Å²) >= 11 is 0. The van der Waals surface area contributed by atoms with E-state index in [1.807, 2.05) is 36.1 Å². The van der Waals surface area contributed by atoms with Crippen molar-refractivity contribution in [2.75, 3.05) is 67.6 Å². The summed E-state index contributed by atoms with van der Waals surface area (Å²) in [5.74, 6) is 0.864. The minimum atomic E-state index is -0.0536. The predicted molar refractivity (Wildman–Crippen MR) is 109 cm³/mol. The number of carbonyl (C=O) groups excluding carboxylic acids is 1. The summed E-state index contributed by atoms with van der Waals surface area (Å²) in [6.45, 7) is 8.01. The number of nitrogens with zero attached hydrogens (tertiary/aromatic N) is 5. The van der Waals surface area contributed by atoms with E-state index in [-0.39, 0.29) is 6.03 Å². The fourth-order valence-electron chi connectivity index (χ4n) is 3.54. The lowest BCUT2D eigenvalue weighted by Crippen LogP contribution is -2.50. The molecule has 1 aromatic carbocycles. The Kier molecular flexibility index (Phi) is 5.57. The summed E-state index contributed by atoms with van der Waals surface area (Å²) in [4.78, 5) is 18.9. The number of nitrogens with one attached hydrogen (secondary N) is 1. The molecule has 2 aromatic rings. The Morgan fingerprint density at radius 3 is 2.54 bits per heavy atom. The van der Waals surface area contributed by atoms with E-state index in [0.29, 0.717) is 13.1 Å². The van der Waals surface area contributed by atoms with Crippen LogP contribution in [0.4, 0.5) is 22.0 Å². The van der Waals surface area contributed by atoms with E-state index in [4.69, 9.17) is 4.74 Å². The van der Waals surface area contributed by atoms with E-state index >= 15 is 0 Å². The van der Waals surface area contributed by atoms with Crippen molar-refractivity contribution >= 4 is 23.2 Å². The Hall–Kier alpha value is -2.87. The van der Waals surface area contributed by atoms with E-state index in [2.05, 4.69) is 31.4 Å². The van der Waals surface area contributed by atoms with Gasteiger partial charge in [0.05, 0.1) is 25.1 Å². The fraction of sp³-hybridized carbons (Fsp3) is 0.450. The number of piperazine rings is 1. The first kappa shape index (κ1) is 18.5. The minimum absolute atomic E-state index is 0.0536. The smallest absolute Gasteiger partial charge is 0.321 e. The topological polar surface area (TPSA) is 73.8 Å². The second-order valence-corrected chi connectivity index (χ2v) is 7.09. The van der Waals surface area contributed by atoms with Gasteiger partial charge in [0.25, 0.3) is 0 Å². The highest BCUT2D eigenvalue weighted by Gasteiger charge is 2.23. The normalized spacial score (nSPS) is 17.5. The monoisotopic (exact) mass is 382 g/mol. The number of aromatic nitrogens is 2. The molecule has 0 saturated carbocycles. The number of hydrogen-bond donors (Lipinski definition) is 1. The lowest BCUT2D eigenvalue weighted by Gasteiger charge is -2.35. The molecule has 0 atom stereocenters. The van der Waals surface area contributed by atoms with E-state index in [9.17, 15) is 4.79 Å². The first-order valence-electron chi connectivity index (χ1n) is 9.72. The number of aryl methyl sites for hydroxylation is 1. The van der Waals surface area contributed by atoms with E-state index in [1.54, 1.807) is 6.20 Å². The highest BCUT2D eigenvalue weighted by molar-refractivity contribution is 5.90. The average Bonchev–Trinajstić information content (AvgIpc) is 2.76. The molecule has 0 unspecified atom stereocenters. The molecule has 2 fully saturated rings. The zero-order valence-electron chi connectivity index (χ0n) is 16.2. The van der Waals surface area contributed by atoms with Gasteiger partial charge in [-0.3, -0.25) is 0 Å². The largest absolute Gasteiger partial charge is 0.378 e. The van der Waals surface area contributed by atoms with Gasteiger partial charge in [0.2, 0.25) is 0 Å². The number of hydrogen-bond acceptors (Lipinski definition) is 6. The van der Waals surface area contributed by atoms with E-state index < -0.39 is 0 Å². The molecule has 2 aliphatic rings. The van der Waals surface area contributed by atoms with Crippen LogP contribution in [0.15, 0.2) is 36.5 Å². The molecule has 8 nitrogen and oxygen atoms in total. The number of benzene rings is 1. The Morgan fingerprint density at radius 1 is 1.04 bits per heavy atom. The van der Waals surface area contributed by atoms with Crippen LogP contribution in [0.1, 0.15) is 5.56 Å². The predicted octanol–water partition coefficient (Wildman–Crippen LogP) is 1.98. The maximum atomic E-state index is 12.6. The lowest BCUT2D eigenvalue weighted by atomic mass is 10.2. The first-order chi connectivity index (χ1) is 13.7. The third-order valence-electron chi connectivity index (χ3n) is 5.28. The maximum absolute atomic E-state index is 12.6. The highest BCUT2D eigenvalue weighted by Crippen LogP contribution is 2.21. The van der Waals surface area contributed by atoms with Crippen LogP contribution < -0.4 is 15.1 Å². The van der Waals surface area contributed by atoms with Crippen LogP contribution >= 0.6 is 0 Å². The number of amides is 2. The third kappa shape index (κ3) is 4.17. The average molecular weight is 382 g/mol. The molecule has 2 amide bonds. The molecule has 148 valence electrons. The molecule has 0 spiro atoms. The summed E-state index contributed by atoms with van der Waals surface area (Å²) in [5, 5.41) is 11.5. The Balaban J connectivity index is 1.35. The molecule has 0 radical (unpaired) electrons. The van der Waals surface area contributed by atoms with Crippen molar-refractivity contribution in [1.82, 2.24) is 15.1 Å². The van der Waals surface area contributed by atoms with Crippen molar-refractivity contribution in [2.45, 2.75) is 6.92 Å². The van der Waals surface area contributed by atoms with Gasteiger partial charge >= 0.3 is 6.03 Å². The van der Waals surface area contributed by atoms with E-state index in [0.717, 1.165) is 62.1 Å². The first-order valence-corrected chi connectivity index (χ1v) is 9.72. The van der Waals surface area contributed by atoms with Gasteiger partial charge in [-0.2, -0.15) is 5.10 Å². The minimum Gasteiger partial charge on any atom is -0.378 e. The van der Waals surface area contributed by atoms with Crippen LogP contribution in [0.3, 0.4) is 0 Å². The number of anilines is 3. The summed E-state index contributed by atoms with van der Waals surface area (Å²) in [5.41, 5.74) is 3.00. The van der Waals surface area contributed by atoms with Crippen molar-refractivity contribution in [3.8, 4) is 0 Å². The molecule has 3 heterocycles. The van der Waals surface area contributed by atoms with Gasteiger partial charge in [-0.05, 0) is 18.6 Å². The summed E-state index contributed by atoms with van der Waals surface area (Å²) in [6.07, 6.45) is 1.81. The van der Waals surface area contributed by atoms with Gasteiger partial charge in [0.1, 0.15) is 0 Å². The molecule has 0 aliphatic carbocycles. The number of rotatable bonds is 3. The zero-order valence-corrected chi connectivity index (χ0v) is 16.2. The van der Waals surface area contributed by atoms with E-state index in [1.165, 1.54) is 0 Å². The molecule has 0 bridgehead atoms. The van der Waals surface area contributed by atoms with Gasteiger partial charge in [0.15, 0.2) is 5.82 Å². The van der Waals surface area contributed by atoms with Crippen LogP contribution in [0.5, 0.6) is 0 Å². The maximum Gasteiger partial charge on any atom is 0.321 e. The van der Waals surface area contributed by atoms with Crippen LogP contribution in [0.25, 0.3) is 0 Å². The van der Waals surface area contributed by atoms with Crippen molar-refractivity contribution in [1.29, 1.82) is 0 Å². The van der Waals surface area contributed by atoms with Crippen molar-refractivity contribution in [3.05, 3.63) is 42.1 Å². The Morgan fingerprint density at radius 2 is 1.79 bits per heavy atom. The van der Waals surface area contributed by atoms with Crippen LogP contribution in [0.2, 0.25) is 0 Å². The third-order valence-corrected chi connectivity index (χ3v) is 5.28. The zero-order chi connectivity index (χ0) is 19.3.